The number of hydrogen-bond acceptors (Lipinski definition) is 5. The fourth-order valence-corrected chi connectivity index (χ4v) is 1.69. The zero-order chi connectivity index (χ0) is 14.5. The number of carbonyl (C=O) groups is 1. The van der Waals surface area contributed by atoms with Crippen molar-refractivity contribution in [1.29, 1.82) is 0 Å². The first kappa shape index (κ1) is 14.2. The van der Waals surface area contributed by atoms with Gasteiger partial charge in [-0.3, -0.25) is 4.79 Å². The smallest absolute Gasteiger partial charge is 0.255 e. The highest BCUT2D eigenvalue weighted by molar-refractivity contribution is 5.98. The summed E-state index contributed by atoms with van der Waals surface area (Å²) in [4.78, 5) is 11.8. The molecule has 1 amide bonds. The van der Waals surface area contributed by atoms with Crippen molar-refractivity contribution in [3.8, 4) is 0 Å². The van der Waals surface area contributed by atoms with Crippen molar-refractivity contribution < 1.29 is 23.9 Å². The van der Waals surface area contributed by atoms with Gasteiger partial charge in [-0.2, -0.15) is 0 Å². The van der Waals surface area contributed by atoms with Gasteiger partial charge in [0.2, 0.25) is 0 Å². The third kappa shape index (κ3) is 3.22. The third-order valence-corrected chi connectivity index (χ3v) is 2.74. The molecule has 0 aromatic heterocycles. The summed E-state index contributed by atoms with van der Waals surface area (Å²) in [7, 11) is 0. The average molecular weight is 283 g/mol. The van der Waals surface area contributed by atoms with E-state index in [1.807, 2.05) is 0 Å². The van der Waals surface area contributed by atoms with Crippen LogP contribution < -0.4 is 11.1 Å². The molecule has 1 aromatic rings. The van der Waals surface area contributed by atoms with E-state index in [4.69, 9.17) is 20.4 Å². The summed E-state index contributed by atoms with van der Waals surface area (Å²) in [6.07, 6.45) is -0.757. The molecule has 0 spiro atoms. The minimum absolute atomic E-state index is 0.0151. The lowest BCUT2D eigenvalue weighted by Crippen LogP contribution is -2.39. The summed E-state index contributed by atoms with van der Waals surface area (Å²) in [5, 5.41) is 13.7. The molecule has 4 N–H and O–H groups in total. The number of oxime groups is 1. The Hall–Kier alpha value is -2.19. The number of ether oxygens (including phenoxy) is 2. The molecule has 1 atom stereocenters. The number of halogens is 1. The predicted octanol–water partition coefficient (Wildman–Crippen LogP) is 0.274. The predicted molar refractivity (Wildman–Crippen MR) is 68.1 cm³/mol. The molecule has 1 saturated heterocycles. The molecule has 1 unspecified atom stereocenters. The summed E-state index contributed by atoms with van der Waals surface area (Å²) >= 11 is 0. The molecule has 0 bridgehead atoms. The molecule has 0 saturated carbocycles. The Labute approximate surface area is 114 Å². The summed E-state index contributed by atoms with van der Waals surface area (Å²) in [5.74, 6) is -1.40. The van der Waals surface area contributed by atoms with Gasteiger partial charge in [0.25, 0.3) is 5.91 Å². The van der Waals surface area contributed by atoms with Gasteiger partial charge in [0.15, 0.2) is 11.9 Å². The maximum absolute atomic E-state index is 13.8. The van der Waals surface area contributed by atoms with Crippen LogP contribution in [0.25, 0.3) is 0 Å². The molecule has 2 rings (SSSR count). The van der Waals surface area contributed by atoms with Crippen LogP contribution >= 0.6 is 0 Å². The normalized spacial score (nSPS) is 19.6. The number of nitrogens with one attached hydrogen (secondary N) is 1. The molecule has 1 aromatic carbocycles. The van der Waals surface area contributed by atoms with E-state index in [2.05, 4.69) is 10.5 Å². The second kappa shape index (κ2) is 6.31. The Kier molecular flexibility index (Phi) is 4.49. The molecule has 7 nitrogen and oxygen atoms in total. The fraction of sp³-hybridized carbons (Fsp3) is 0.333. The summed E-state index contributed by atoms with van der Waals surface area (Å²) in [5.41, 5.74) is 5.53. The molecule has 8 heteroatoms. The van der Waals surface area contributed by atoms with Crippen LogP contribution in [-0.2, 0) is 14.3 Å². The van der Waals surface area contributed by atoms with Gasteiger partial charge in [0.05, 0.1) is 25.5 Å². The molecular formula is C12H14FN3O4. The van der Waals surface area contributed by atoms with Gasteiger partial charge in [0.1, 0.15) is 5.82 Å². The van der Waals surface area contributed by atoms with Crippen LogP contribution in [0.5, 0.6) is 0 Å². The molecule has 0 aliphatic carbocycles. The van der Waals surface area contributed by atoms with E-state index < -0.39 is 17.8 Å². The van der Waals surface area contributed by atoms with Crippen molar-refractivity contribution in [1.82, 2.24) is 0 Å². The van der Waals surface area contributed by atoms with E-state index in [0.717, 1.165) is 6.07 Å². The largest absolute Gasteiger partial charge is 0.409 e. The molecular weight excluding hydrogens is 269 g/mol. The summed E-state index contributed by atoms with van der Waals surface area (Å²) in [6.45, 7) is 0.894. The Balaban J connectivity index is 2.07. The van der Waals surface area contributed by atoms with Crippen LogP contribution in [0.15, 0.2) is 23.4 Å². The molecule has 108 valence electrons. The van der Waals surface area contributed by atoms with Crippen molar-refractivity contribution in [3.63, 3.8) is 0 Å². The number of carbonyl (C=O) groups excluding carboxylic acids is 1. The van der Waals surface area contributed by atoms with E-state index in [-0.39, 0.29) is 23.7 Å². The van der Waals surface area contributed by atoms with Crippen molar-refractivity contribution >= 4 is 17.4 Å². The first-order valence-corrected chi connectivity index (χ1v) is 5.89. The van der Waals surface area contributed by atoms with Crippen LogP contribution in [0.1, 0.15) is 5.56 Å². The minimum Gasteiger partial charge on any atom is -0.409 e. The van der Waals surface area contributed by atoms with E-state index in [1.165, 1.54) is 12.1 Å². The van der Waals surface area contributed by atoms with Gasteiger partial charge < -0.3 is 25.7 Å². The van der Waals surface area contributed by atoms with Gasteiger partial charge in [-0.15, -0.1) is 0 Å². The Morgan fingerprint density at radius 2 is 2.30 bits per heavy atom. The molecule has 20 heavy (non-hydrogen) atoms. The van der Waals surface area contributed by atoms with Gasteiger partial charge in [0, 0.05) is 5.56 Å². The number of anilines is 1. The fourth-order valence-electron chi connectivity index (χ4n) is 1.69. The van der Waals surface area contributed by atoms with Crippen LogP contribution in [0.4, 0.5) is 10.1 Å². The number of nitrogens with zero attached hydrogens (tertiary/aromatic N) is 1. The quantitative estimate of drug-likeness (QED) is 0.319. The van der Waals surface area contributed by atoms with Gasteiger partial charge in [-0.1, -0.05) is 5.16 Å². The number of amidine groups is 1. The van der Waals surface area contributed by atoms with Crippen LogP contribution in [0, 0.1) is 5.82 Å². The monoisotopic (exact) mass is 283 g/mol. The first-order chi connectivity index (χ1) is 9.61. The number of benzene rings is 1. The van der Waals surface area contributed by atoms with E-state index >= 15 is 0 Å². The van der Waals surface area contributed by atoms with Crippen molar-refractivity contribution in [2.75, 3.05) is 25.1 Å². The lowest BCUT2D eigenvalue weighted by Gasteiger charge is -2.22. The molecule has 1 fully saturated rings. The van der Waals surface area contributed by atoms with Crippen molar-refractivity contribution in [2.24, 2.45) is 10.9 Å². The van der Waals surface area contributed by atoms with Gasteiger partial charge in [-0.05, 0) is 18.2 Å². The first-order valence-electron chi connectivity index (χ1n) is 5.89. The second-order valence-electron chi connectivity index (χ2n) is 4.10. The Morgan fingerprint density at radius 3 is 2.90 bits per heavy atom. The number of amides is 1. The number of nitrogens with two attached hydrogens (primary N) is 1. The third-order valence-electron chi connectivity index (χ3n) is 2.74. The van der Waals surface area contributed by atoms with E-state index in [9.17, 15) is 9.18 Å². The zero-order valence-corrected chi connectivity index (χ0v) is 10.5. The topological polar surface area (TPSA) is 106 Å². The standard InChI is InChI=1S/C12H14FN3O4/c13-8-5-7(11(14)16-18)1-2-9(8)15-12(17)10-6-19-3-4-20-10/h1-2,5,10,18H,3-4,6H2,(H2,14,16)(H,15,17). The molecule has 1 aliphatic rings. The molecule has 1 heterocycles. The maximum atomic E-state index is 13.8. The maximum Gasteiger partial charge on any atom is 0.255 e. The Morgan fingerprint density at radius 1 is 1.50 bits per heavy atom. The molecule has 0 radical (unpaired) electrons. The number of hydrogen-bond donors (Lipinski definition) is 3. The summed E-state index contributed by atoms with van der Waals surface area (Å²) < 4.78 is 24.1. The zero-order valence-electron chi connectivity index (χ0n) is 10.5. The van der Waals surface area contributed by atoms with Crippen molar-refractivity contribution in [3.05, 3.63) is 29.6 Å². The Bertz CT molecular complexity index is 529. The highest BCUT2D eigenvalue weighted by atomic mass is 19.1. The highest BCUT2D eigenvalue weighted by Gasteiger charge is 2.23. The van der Waals surface area contributed by atoms with Crippen LogP contribution in [0.2, 0.25) is 0 Å². The lowest BCUT2D eigenvalue weighted by atomic mass is 10.1. The van der Waals surface area contributed by atoms with Crippen LogP contribution in [0.3, 0.4) is 0 Å². The van der Waals surface area contributed by atoms with Gasteiger partial charge in [-0.25, -0.2) is 4.39 Å². The van der Waals surface area contributed by atoms with E-state index in [1.54, 1.807) is 0 Å². The minimum atomic E-state index is -0.757. The summed E-state index contributed by atoms with van der Waals surface area (Å²) in [6, 6.07) is 3.80. The van der Waals surface area contributed by atoms with Crippen molar-refractivity contribution in [2.45, 2.75) is 6.10 Å². The number of rotatable bonds is 3. The molecule has 1 aliphatic heterocycles. The SMILES string of the molecule is N/C(=N/O)c1ccc(NC(=O)C2COCCO2)c(F)c1. The van der Waals surface area contributed by atoms with Crippen LogP contribution in [-0.4, -0.2) is 42.9 Å². The van der Waals surface area contributed by atoms with Gasteiger partial charge >= 0.3 is 0 Å². The second-order valence-corrected chi connectivity index (χ2v) is 4.10. The highest BCUT2D eigenvalue weighted by Crippen LogP contribution is 2.16. The average Bonchev–Trinajstić information content (AvgIpc) is 2.49. The lowest BCUT2D eigenvalue weighted by molar-refractivity contribution is -0.142. The van der Waals surface area contributed by atoms with E-state index in [0.29, 0.717) is 13.2 Å².